The SMILES string of the molecule is O=C1C=C(CC(=O)C2CCCCC2)C(=O)c2ccccc21. The van der Waals surface area contributed by atoms with Crippen LogP contribution in [0, 0.1) is 5.92 Å². The topological polar surface area (TPSA) is 51.2 Å². The molecule has 0 amide bonds. The lowest BCUT2D eigenvalue weighted by molar-refractivity contribution is -0.123. The van der Waals surface area contributed by atoms with Crippen molar-refractivity contribution in [3.8, 4) is 0 Å². The molecule has 0 spiro atoms. The van der Waals surface area contributed by atoms with Gasteiger partial charge >= 0.3 is 0 Å². The highest BCUT2D eigenvalue weighted by atomic mass is 16.1. The van der Waals surface area contributed by atoms with Gasteiger partial charge in [-0.2, -0.15) is 0 Å². The van der Waals surface area contributed by atoms with Gasteiger partial charge in [0.05, 0.1) is 0 Å². The summed E-state index contributed by atoms with van der Waals surface area (Å²) >= 11 is 0. The van der Waals surface area contributed by atoms with E-state index in [9.17, 15) is 14.4 Å². The Morgan fingerprint density at radius 2 is 1.67 bits per heavy atom. The van der Waals surface area contributed by atoms with Crippen LogP contribution < -0.4 is 0 Å². The van der Waals surface area contributed by atoms with Crippen LogP contribution in [-0.2, 0) is 4.79 Å². The number of rotatable bonds is 3. The predicted octanol–water partition coefficient (Wildman–Crippen LogP) is 3.53. The Morgan fingerprint density at radius 3 is 2.38 bits per heavy atom. The first-order chi connectivity index (χ1) is 10.2. The van der Waals surface area contributed by atoms with Crippen molar-refractivity contribution in [3.63, 3.8) is 0 Å². The Balaban J connectivity index is 1.79. The van der Waals surface area contributed by atoms with Crippen molar-refractivity contribution in [2.45, 2.75) is 38.5 Å². The van der Waals surface area contributed by atoms with E-state index in [1.54, 1.807) is 24.3 Å². The second kappa shape index (κ2) is 5.76. The first kappa shape index (κ1) is 13.9. The quantitative estimate of drug-likeness (QED) is 0.852. The summed E-state index contributed by atoms with van der Waals surface area (Å²) in [5.74, 6) is -0.160. The number of allylic oxidation sites excluding steroid dienone is 2. The van der Waals surface area contributed by atoms with Crippen molar-refractivity contribution in [1.29, 1.82) is 0 Å². The molecule has 0 radical (unpaired) electrons. The second-order valence-corrected chi connectivity index (χ2v) is 5.89. The van der Waals surface area contributed by atoms with Gasteiger partial charge in [-0.25, -0.2) is 0 Å². The van der Waals surface area contributed by atoms with Gasteiger partial charge in [0.1, 0.15) is 5.78 Å². The van der Waals surface area contributed by atoms with Gasteiger partial charge in [0, 0.05) is 29.0 Å². The molecule has 3 heteroatoms. The smallest absolute Gasteiger partial charge is 0.190 e. The van der Waals surface area contributed by atoms with Gasteiger partial charge in [-0.3, -0.25) is 14.4 Å². The van der Waals surface area contributed by atoms with E-state index >= 15 is 0 Å². The zero-order chi connectivity index (χ0) is 14.8. The fourth-order valence-corrected chi connectivity index (χ4v) is 3.26. The molecule has 108 valence electrons. The zero-order valence-corrected chi connectivity index (χ0v) is 11.9. The highest BCUT2D eigenvalue weighted by molar-refractivity contribution is 6.25. The summed E-state index contributed by atoms with van der Waals surface area (Å²) < 4.78 is 0. The number of fused-ring (bicyclic) bond motifs is 1. The number of hydrogen-bond acceptors (Lipinski definition) is 3. The van der Waals surface area contributed by atoms with E-state index in [-0.39, 0.29) is 29.7 Å². The lowest BCUT2D eigenvalue weighted by Crippen LogP contribution is -2.23. The molecule has 1 aromatic carbocycles. The number of benzene rings is 1. The van der Waals surface area contributed by atoms with Crippen LogP contribution in [0.4, 0.5) is 0 Å². The Kier molecular flexibility index (Phi) is 3.82. The van der Waals surface area contributed by atoms with Gasteiger partial charge in [0.2, 0.25) is 0 Å². The predicted molar refractivity (Wildman–Crippen MR) is 79.4 cm³/mol. The second-order valence-electron chi connectivity index (χ2n) is 5.89. The van der Waals surface area contributed by atoms with Crippen molar-refractivity contribution < 1.29 is 14.4 Å². The number of hydrogen-bond donors (Lipinski definition) is 0. The molecule has 3 rings (SSSR count). The largest absolute Gasteiger partial charge is 0.299 e. The molecule has 3 nitrogen and oxygen atoms in total. The fourth-order valence-electron chi connectivity index (χ4n) is 3.26. The molecule has 2 aliphatic carbocycles. The summed E-state index contributed by atoms with van der Waals surface area (Å²) in [6, 6.07) is 6.81. The van der Waals surface area contributed by atoms with E-state index in [0.717, 1.165) is 25.7 Å². The molecule has 2 aliphatic rings. The fraction of sp³-hybridized carbons (Fsp3) is 0.389. The molecule has 1 saturated carbocycles. The summed E-state index contributed by atoms with van der Waals surface area (Å²) in [6.07, 6.45) is 6.66. The Labute approximate surface area is 124 Å². The van der Waals surface area contributed by atoms with E-state index in [0.29, 0.717) is 16.7 Å². The molecular formula is C18H18O3. The normalized spacial score (nSPS) is 19.1. The standard InChI is InChI=1S/C18H18O3/c19-16(12-6-2-1-3-7-12)10-13-11-17(20)14-8-4-5-9-15(14)18(13)21/h4-5,8-9,11-12H,1-3,6-7,10H2. The van der Waals surface area contributed by atoms with E-state index in [2.05, 4.69) is 0 Å². The lowest BCUT2D eigenvalue weighted by Gasteiger charge is -2.21. The van der Waals surface area contributed by atoms with Crippen LogP contribution in [-0.4, -0.2) is 17.3 Å². The molecule has 0 N–H and O–H groups in total. The number of ketones is 3. The van der Waals surface area contributed by atoms with Crippen LogP contribution in [0.2, 0.25) is 0 Å². The average Bonchev–Trinajstić information content (AvgIpc) is 2.53. The average molecular weight is 282 g/mol. The monoisotopic (exact) mass is 282 g/mol. The van der Waals surface area contributed by atoms with Crippen LogP contribution >= 0.6 is 0 Å². The van der Waals surface area contributed by atoms with Crippen molar-refractivity contribution in [2.75, 3.05) is 0 Å². The van der Waals surface area contributed by atoms with Gasteiger partial charge in [-0.1, -0.05) is 43.5 Å². The lowest BCUT2D eigenvalue weighted by atomic mass is 9.81. The van der Waals surface area contributed by atoms with E-state index in [1.165, 1.54) is 12.5 Å². The summed E-state index contributed by atoms with van der Waals surface area (Å²) in [4.78, 5) is 36.8. The maximum Gasteiger partial charge on any atom is 0.190 e. The molecule has 1 fully saturated rings. The highest BCUT2D eigenvalue weighted by Crippen LogP contribution is 2.29. The molecule has 21 heavy (non-hydrogen) atoms. The van der Waals surface area contributed by atoms with E-state index in [4.69, 9.17) is 0 Å². The molecule has 0 aliphatic heterocycles. The van der Waals surface area contributed by atoms with Gasteiger partial charge < -0.3 is 0 Å². The first-order valence-corrected chi connectivity index (χ1v) is 7.58. The van der Waals surface area contributed by atoms with Crippen molar-refractivity contribution in [2.24, 2.45) is 5.92 Å². The molecule has 1 aromatic rings. The highest BCUT2D eigenvalue weighted by Gasteiger charge is 2.29. The Bertz CT molecular complexity index is 634. The first-order valence-electron chi connectivity index (χ1n) is 7.58. The molecule has 0 atom stereocenters. The maximum atomic E-state index is 12.4. The van der Waals surface area contributed by atoms with E-state index in [1.807, 2.05) is 0 Å². The maximum absolute atomic E-state index is 12.4. The number of carbonyl (C=O) groups is 3. The van der Waals surface area contributed by atoms with Crippen molar-refractivity contribution in [1.82, 2.24) is 0 Å². The molecule has 0 aromatic heterocycles. The van der Waals surface area contributed by atoms with Crippen LogP contribution in [0.1, 0.15) is 59.2 Å². The summed E-state index contributed by atoms with van der Waals surface area (Å²) in [6.45, 7) is 0. The number of Topliss-reactive ketones (excluding diaryl/α,β-unsaturated/α-hetero) is 2. The zero-order valence-electron chi connectivity index (χ0n) is 11.9. The van der Waals surface area contributed by atoms with E-state index < -0.39 is 0 Å². The van der Waals surface area contributed by atoms with Crippen LogP contribution in [0.15, 0.2) is 35.9 Å². The van der Waals surface area contributed by atoms with Gasteiger partial charge in [-0.05, 0) is 18.9 Å². The molecule has 0 heterocycles. The molecular weight excluding hydrogens is 264 g/mol. The summed E-state index contributed by atoms with van der Waals surface area (Å²) in [7, 11) is 0. The number of carbonyl (C=O) groups excluding carboxylic acids is 3. The van der Waals surface area contributed by atoms with Crippen molar-refractivity contribution >= 4 is 17.3 Å². The van der Waals surface area contributed by atoms with Gasteiger partial charge in [0.15, 0.2) is 11.6 Å². The third kappa shape index (κ3) is 2.73. The van der Waals surface area contributed by atoms with Gasteiger partial charge in [-0.15, -0.1) is 0 Å². The minimum Gasteiger partial charge on any atom is -0.299 e. The minimum atomic E-state index is -0.172. The summed E-state index contributed by atoms with van der Waals surface area (Å²) in [5, 5.41) is 0. The minimum absolute atomic E-state index is 0.0692. The summed E-state index contributed by atoms with van der Waals surface area (Å²) in [5.41, 5.74) is 1.22. The Morgan fingerprint density at radius 1 is 1.00 bits per heavy atom. The molecule has 0 saturated heterocycles. The molecule has 0 unspecified atom stereocenters. The molecule has 0 bridgehead atoms. The third-order valence-corrected chi connectivity index (χ3v) is 4.46. The van der Waals surface area contributed by atoms with Crippen LogP contribution in [0.25, 0.3) is 0 Å². The van der Waals surface area contributed by atoms with Gasteiger partial charge in [0.25, 0.3) is 0 Å². The van der Waals surface area contributed by atoms with Crippen LogP contribution in [0.3, 0.4) is 0 Å². The third-order valence-electron chi connectivity index (χ3n) is 4.46. The Hall–Kier alpha value is -2.03. The van der Waals surface area contributed by atoms with Crippen molar-refractivity contribution in [3.05, 3.63) is 47.0 Å². The van der Waals surface area contributed by atoms with Crippen LogP contribution in [0.5, 0.6) is 0 Å².